The van der Waals surface area contributed by atoms with E-state index in [2.05, 4.69) is 33.0 Å². The predicted octanol–water partition coefficient (Wildman–Crippen LogP) is 2.19. The first-order valence-corrected chi connectivity index (χ1v) is 7.32. The molecule has 0 radical (unpaired) electrons. The fourth-order valence-corrected chi connectivity index (χ4v) is 3.36. The van der Waals surface area contributed by atoms with Crippen molar-refractivity contribution in [3.8, 4) is 0 Å². The topological polar surface area (TPSA) is 33.1 Å². The Morgan fingerprint density at radius 1 is 1.28 bits per heavy atom. The van der Waals surface area contributed by atoms with E-state index in [0.717, 1.165) is 19.0 Å². The SMILES string of the molecule is CN(c1nccn1C1CCCCC1)C1CCNC1. The quantitative estimate of drug-likeness (QED) is 0.890. The van der Waals surface area contributed by atoms with Gasteiger partial charge in [0.25, 0.3) is 0 Å². The number of hydrogen-bond donors (Lipinski definition) is 1. The molecule has 1 aliphatic carbocycles. The largest absolute Gasteiger partial charge is 0.341 e. The van der Waals surface area contributed by atoms with E-state index in [9.17, 15) is 0 Å². The van der Waals surface area contributed by atoms with Crippen LogP contribution in [0.1, 0.15) is 44.6 Å². The molecule has 0 bridgehead atoms. The molecule has 0 aromatic carbocycles. The summed E-state index contributed by atoms with van der Waals surface area (Å²) >= 11 is 0. The molecule has 1 aromatic rings. The van der Waals surface area contributed by atoms with Crippen LogP contribution in [0, 0.1) is 0 Å². The van der Waals surface area contributed by atoms with Crippen molar-refractivity contribution in [2.45, 2.75) is 50.6 Å². The van der Waals surface area contributed by atoms with E-state index in [1.807, 2.05) is 6.20 Å². The number of hydrogen-bond acceptors (Lipinski definition) is 3. The minimum atomic E-state index is 0.606. The first-order valence-electron chi connectivity index (χ1n) is 7.32. The lowest BCUT2D eigenvalue weighted by atomic mass is 9.95. The molecule has 4 nitrogen and oxygen atoms in total. The van der Waals surface area contributed by atoms with E-state index in [4.69, 9.17) is 0 Å². The maximum Gasteiger partial charge on any atom is 0.205 e. The van der Waals surface area contributed by atoms with Gasteiger partial charge in [-0.1, -0.05) is 19.3 Å². The Morgan fingerprint density at radius 2 is 2.11 bits per heavy atom. The van der Waals surface area contributed by atoms with Gasteiger partial charge in [0, 0.05) is 38.1 Å². The van der Waals surface area contributed by atoms with Crippen LogP contribution < -0.4 is 10.2 Å². The third kappa shape index (κ3) is 2.26. The number of anilines is 1. The van der Waals surface area contributed by atoms with E-state index in [-0.39, 0.29) is 0 Å². The second-order valence-electron chi connectivity index (χ2n) is 5.68. The Labute approximate surface area is 109 Å². The summed E-state index contributed by atoms with van der Waals surface area (Å²) < 4.78 is 2.41. The highest BCUT2D eigenvalue weighted by molar-refractivity contribution is 5.33. The highest BCUT2D eigenvalue weighted by atomic mass is 15.3. The summed E-state index contributed by atoms with van der Waals surface area (Å²) in [4.78, 5) is 6.97. The van der Waals surface area contributed by atoms with Gasteiger partial charge in [-0.05, 0) is 25.8 Å². The van der Waals surface area contributed by atoms with Gasteiger partial charge in [-0.2, -0.15) is 0 Å². The maximum absolute atomic E-state index is 4.60. The molecular formula is C14H24N4. The molecule has 18 heavy (non-hydrogen) atoms. The third-order valence-electron chi connectivity index (χ3n) is 4.51. The molecule has 3 rings (SSSR count). The van der Waals surface area contributed by atoms with E-state index < -0.39 is 0 Å². The zero-order valence-electron chi connectivity index (χ0n) is 11.3. The zero-order valence-corrected chi connectivity index (χ0v) is 11.3. The highest BCUT2D eigenvalue weighted by Gasteiger charge is 2.25. The molecule has 4 heteroatoms. The maximum atomic E-state index is 4.60. The molecule has 100 valence electrons. The van der Waals surface area contributed by atoms with Crippen LogP contribution in [0.15, 0.2) is 12.4 Å². The Morgan fingerprint density at radius 3 is 2.83 bits per heavy atom. The van der Waals surface area contributed by atoms with E-state index in [1.165, 1.54) is 38.5 Å². The van der Waals surface area contributed by atoms with Crippen molar-refractivity contribution in [3.63, 3.8) is 0 Å². The summed E-state index contributed by atoms with van der Waals surface area (Å²) in [6.07, 6.45) is 12.2. The van der Waals surface area contributed by atoms with Crippen molar-refractivity contribution in [1.29, 1.82) is 0 Å². The summed E-state index contributed by atoms with van der Waals surface area (Å²) in [6.45, 7) is 2.23. The normalized spacial score (nSPS) is 25.5. The molecule has 1 saturated heterocycles. The van der Waals surface area contributed by atoms with Crippen molar-refractivity contribution >= 4 is 5.95 Å². The van der Waals surface area contributed by atoms with Gasteiger partial charge in [0.1, 0.15) is 0 Å². The lowest BCUT2D eigenvalue weighted by Gasteiger charge is -2.30. The Kier molecular flexibility index (Phi) is 3.55. The minimum Gasteiger partial charge on any atom is -0.341 e. The number of rotatable bonds is 3. The predicted molar refractivity (Wildman–Crippen MR) is 74.0 cm³/mol. The monoisotopic (exact) mass is 248 g/mol. The number of likely N-dealkylation sites (N-methyl/N-ethyl adjacent to an activating group) is 1. The number of nitrogens with zero attached hydrogens (tertiary/aromatic N) is 3. The van der Waals surface area contributed by atoms with Crippen LogP contribution >= 0.6 is 0 Å². The van der Waals surface area contributed by atoms with E-state index >= 15 is 0 Å². The molecule has 2 heterocycles. The summed E-state index contributed by atoms with van der Waals surface area (Å²) in [5.74, 6) is 1.16. The summed E-state index contributed by atoms with van der Waals surface area (Å²) in [5, 5.41) is 3.44. The molecule has 1 aliphatic heterocycles. The average molecular weight is 248 g/mol. The fraction of sp³-hybridized carbons (Fsp3) is 0.786. The van der Waals surface area contributed by atoms with Crippen LogP contribution in [-0.2, 0) is 0 Å². The van der Waals surface area contributed by atoms with Crippen molar-refractivity contribution in [1.82, 2.24) is 14.9 Å². The lowest BCUT2D eigenvalue weighted by molar-refractivity contribution is 0.352. The van der Waals surface area contributed by atoms with Gasteiger partial charge in [0.15, 0.2) is 0 Å². The first-order chi connectivity index (χ1) is 8.86. The van der Waals surface area contributed by atoms with Crippen molar-refractivity contribution in [2.75, 3.05) is 25.0 Å². The molecular weight excluding hydrogens is 224 g/mol. The standard InChI is InChI=1S/C14H24N4/c1-17(13-7-8-15-11-13)14-16-9-10-18(14)12-5-3-2-4-6-12/h9-10,12-13,15H,2-8,11H2,1H3. The van der Waals surface area contributed by atoms with Crippen LogP contribution in [0.2, 0.25) is 0 Å². The lowest BCUT2D eigenvalue weighted by Crippen LogP contribution is -2.35. The van der Waals surface area contributed by atoms with Crippen LogP contribution in [-0.4, -0.2) is 35.7 Å². The van der Waals surface area contributed by atoms with E-state index in [1.54, 1.807) is 0 Å². The zero-order chi connectivity index (χ0) is 12.4. The molecule has 1 aromatic heterocycles. The third-order valence-corrected chi connectivity index (χ3v) is 4.51. The summed E-state index contributed by atoms with van der Waals surface area (Å²) in [6, 6.07) is 1.28. The van der Waals surface area contributed by atoms with E-state index in [0.29, 0.717) is 12.1 Å². The van der Waals surface area contributed by atoms with Gasteiger partial charge in [0.2, 0.25) is 5.95 Å². The van der Waals surface area contributed by atoms with Gasteiger partial charge in [-0.25, -0.2) is 4.98 Å². The molecule has 1 saturated carbocycles. The molecule has 1 N–H and O–H groups in total. The van der Waals surface area contributed by atoms with Crippen molar-refractivity contribution in [2.24, 2.45) is 0 Å². The second kappa shape index (κ2) is 5.31. The molecule has 0 amide bonds. The van der Waals surface area contributed by atoms with Crippen LogP contribution in [0.5, 0.6) is 0 Å². The Balaban J connectivity index is 1.77. The summed E-state index contributed by atoms with van der Waals surface area (Å²) in [7, 11) is 2.19. The molecule has 2 fully saturated rings. The van der Waals surface area contributed by atoms with Crippen LogP contribution in [0.25, 0.3) is 0 Å². The number of nitrogens with one attached hydrogen (secondary N) is 1. The highest BCUT2D eigenvalue weighted by Crippen LogP contribution is 2.31. The minimum absolute atomic E-state index is 0.606. The molecule has 0 spiro atoms. The van der Waals surface area contributed by atoms with Gasteiger partial charge in [0.05, 0.1) is 0 Å². The van der Waals surface area contributed by atoms with Gasteiger partial charge in [-0.3, -0.25) is 0 Å². The molecule has 1 unspecified atom stereocenters. The van der Waals surface area contributed by atoms with Gasteiger partial charge >= 0.3 is 0 Å². The molecule has 2 aliphatic rings. The van der Waals surface area contributed by atoms with Crippen molar-refractivity contribution < 1.29 is 0 Å². The number of aromatic nitrogens is 2. The number of imidazole rings is 1. The van der Waals surface area contributed by atoms with Gasteiger partial charge < -0.3 is 14.8 Å². The van der Waals surface area contributed by atoms with Gasteiger partial charge in [-0.15, -0.1) is 0 Å². The van der Waals surface area contributed by atoms with Crippen LogP contribution in [0.4, 0.5) is 5.95 Å². The molecule has 1 atom stereocenters. The Hall–Kier alpha value is -1.03. The first kappa shape index (κ1) is 12.0. The summed E-state index contributed by atoms with van der Waals surface area (Å²) in [5.41, 5.74) is 0. The average Bonchev–Trinajstić information content (AvgIpc) is 3.10. The smallest absolute Gasteiger partial charge is 0.205 e. The fourth-order valence-electron chi connectivity index (χ4n) is 3.36. The Bertz CT molecular complexity index is 375. The van der Waals surface area contributed by atoms with Crippen LogP contribution in [0.3, 0.4) is 0 Å². The second-order valence-corrected chi connectivity index (χ2v) is 5.68. The van der Waals surface area contributed by atoms with Crippen molar-refractivity contribution in [3.05, 3.63) is 12.4 Å².